The van der Waals surface area contributed by atoms with Crippen molar-refractivity contribution in [2.24, 2.45) is 0 Å². The fraction of sp³-hybridized carbons (Fsp3) is 0.167. The van der Waals surface area contributed by atoms with Gasteiger partial charge in [-0.05, 0) is 22.0 Å². The average molecular weight is 397 g/mol. The summed E-state index contributed by atoms with van der Waals surface area (Å²) >= 11 is 2.08. The zero-order valence-electron chi connectivity index (χ0n) is 9.93. The van der Waals surface area contributed by atoms with Crippen molar-refractivity contribution in [3.63, 3.8) is 0 Å². The van der Waals surface area contributed by atoms with Crippen LogP contribution in [0.5, 0.6) is 0 Å². The molecule has 0 radical (unpaired) electrons. The van der Waals surface area contributed by atoms with Crippen LogP contribution in [0.25, 0.3) is 0 Å². The second-order valence-electron chi connectivity index (χ2n) is 4.21. The molecule has 0 saturated heterocycles. The normalized spacial score (nSPS) is 26.0. The van der Waals surface area contributed by atoms with Crippen molar-refractivity contribution in [3.8, 4) is 0 Å². The summed E-state index contributed by atoms with van der Waals surface area (Å²) in [6.45, 7) is 0. The highest BCUT2D eigenvalue weighted by Crippen LogP contribution is 2.52. The monoisotopic (exact) mass is 396 g/mol. The molecule has 22 heavy (non-hydrogen) atoms. The Balaban J connectivity index is 2.82. The van der Waals surface area contributed by atoms with E-state index >= 15 is 0 Å². The van der Waals surface area contributed by atoms with Gasteiger partial charge in [-0.2, -0.15) is 0 Å². The predicted octanol–water partition coefficient (Wildman–Crippen LogP) is 5.49. The molecule has 0 aliphatic heterocycles. The summed E-state index contributed by atoms with van der Waals surface area (Å²) in [6, 6.07) is -0.378. The van der Waals surface area contributed by atoms with Crippen LogP contribution < -0.4 is 0 Å². The van der Waals surface area contributed by atoms with E-state index in [0.717, 1.165) is 0 Å². The Morgan fingerprint density at radius 1 is 0.909 bits per heavy atom. The SMILES string of the molecule is FC1=C(F)C(F)C(F)(c2cc(F)c(F)c(F)c2F)C(F)=C1Br. The number of hydrogen-bond acceptors (Lipinski definition) is 0. The Labute approximate surface area is 125 Å². The number of allylic oxidation sites excluding steroid dienone is 4. The molecule has 0 heterocycles. The van der Waals surface area contributed by atoms with Gasteiger partial charge >= 0.3 is 0 Å². The topological polar surface area (TPSA) is 0 Å². The molecule has 0 saturated carbocycles. The van der Waals surface area contributed by atoms with Gasteiger partial charge in [-0.15, -0.1) is 0 Å². The molecule has 2 unspecified atom stereocenters. The molecule has 120 valence electrons. The molecular formula is C12H2BrF9. The second-order valence-corrected chi connectivity index (χ2v) is 5.01. The lowest BCUT2D eigenvalue weighted by molar-refractivity contribution is 0.0555. The molecule has 1 aliphatic carbocycles. The van der Waals surface area contributed by atoms with Gasteiger partial charge < -0.3 is 0 Å². The zero-order chi connectivity index (χ0) is 17.0. The maximum absolute atomic E-state index is 14.5. The molecule has 0 spiro atoms. The van der Waals surface area contributed by atoms with Gasteiger partial charge in [0.25, 0.3) is 0 Å². The van der Waals surface area contributed by atoms with E-state index in [4.69, 9.17) is 0 Å². The van der Waals surface area contributed by atoms with E-state index in [-0.39, 0.29) is 6.07 Å². The van der Waals surface area contributed by atoms with Crippen LogP contribution in [0.15, 0.2) is 28.0 Å². The molecule has 0 N–H and O–H groups in total. The standard InChI is InChI=1S/C12H2BrF9/c13-4-7(17)9(19)11(21)12(22,10(4)20)2-1-3(14)6(16)8(18)5(2)15/h1,11H. The average Bonchev–Trinajstić information content (AvgIpc) is 2.50. The highest BCUT2D eigenvalue weighted by atomic mass is 79.9. The first-order valence-electron chi connectivity index (χ1n) is 5.32. The smallest absolute Gasteiger partial charge is 0.228 e. The Morgan fingerprint density at radius 3 is 2.00 bits per heavy atom. The maximum Gasteiger partial charge on any atom is 0.228 e. The van der Waals surface area contributed by atoms with Crippen molar-refractivity contribution in [1.29, 1.82) is 0 Å². The van der Waals surface area contributed by atoms with Crippen LogP contribution in [-0.4, -0.2) is 6.17 Å². The third-order valence-electron chi connectivity index (χ3n) is 2.98. The quantitative estimate of drug-likeness (QED) is 0.334. The number of halogens is 10. The van der Waals surface area contributed by atoms with Crippen LogP contribution in [0.1, 0.15) is 5.56 Å². The molecule has 2 atom stereocenters. The first-order chi connectivity index (χ1) is 10.0. The Kier molecular flexibility index (Phi) is 4.09. The molecule has 0 bridgehead atoms. The predicted molar refractivity (Wildman–Crippen MR) is 60.3 cm³/mol. The molecule has 0 amide bonds. The number of alkyl halides is 2. The van der Waals surface area contributed by atoms with E-state index in [1.54, 1.807) is 0 Å². The molecule has 0 nitrogen and oxygen atoms in total. The van der Waals surface area contributed by atoms with Gasteiger partial charge in [0.05, 0.1) is 4.48 Å². The van der Waals surface area contributed by atoms with Crippen molar-refractivity contribution in [1.82, 2.24) is 0 Å². The van der Waals surface area contributed by atoms with Gasteiger partial charge in [0.15, 0.2) is 46.9 Å². The maximum atomic E-state index is 14.5. The highest BCUT2D eigenvalue weighted by molar-refractivity contribution is 9.12. The lowest BCUT2D eigenvalue weighted by Crippen LogP contribution is -2.38. The summed E-state index contributed by atoms with van der Waals surface area (Å²) in [5, 5.41) is 0. The van der Waals surface area contributed by atoms with Crippen LogP contribution >= 0.6 is 15.9 Å². The van der Waals surface area contributed by atoms with Crippen molar-refractivity contribution in [2.75, 3.05) is 0 Å². The summed E-state index contributed by atoms with van der Waals surface area (Å²) < 4.78 is 119. The van der Waals surface area contributed by atoms with Crippen molar-refractivity contribution in [2.45, 2.75) is 11.8 Å². The van der Waals surface area contributed by atoms with Crippen molar-refractivity contribution < 1.29 is 39.5 Å². The Hall–Kier alpha value is -1.45. The summed E-state index contributed by atoms with van der Waals surface area (Å²) in [6.07, 6.45) is -3.77. The minimum absolute atomic E-state index is 0.378. The van der Waals surface area contributed by atoms with Gasteiger partial charge in [-0.3, -0.25) is 0 Å². The molecule has 1 aromatic carbocycles. The molecule has 1 aromatic rings. The molecule has 10 heteroatoms. The fourth-order valence-corrected chi connectivity index (χ4v) is 2.33. The Bertz CT molecular complexity index is 724. The summed E-state index contributed by atoms with van der Waals surface area (Å²) in [5.74, 6) is -16.6. The van der Waals surface area contributed by atoms with Crippen molar-refractivity contribution in [3.05, 3.63) is 56.9 Å². The molecule has 0 fully saturated rings. The Morgan fingerprint density at radius 2 is 1.45 bits per heavy atom. The first kappa shape index (κ1) is 16.9. The molecule has 0 aromatic heterocycles. The van der Waals surface area contributed by atoms with Crippen LogP contribution in [0.4, 0.5) is 39.5 Å². The molecule has 1 aliphatic rings. The molecule has 2 rings (SSSR count). The third-order valence-corrected chi connectivity index (χ3v) is 3.68. The van der Waals surface area contributed by atoms with Gasteiger partial charge in [0.2, 0.25) is 5.67 Å². The van der Waals surface area contributed by atoms with Gasteiger partial charge in [0, 0.05) is 5.56 Å². The number of hydrogen-bond donors (Lipinski definition) is 0. The first-order valence-corrected chi connectivity index (χ1v) is 6.12. The van der Waals surface area contributed by atoms with Crippen LogP contribution in [-0.2, 0) is 5.67 Å². The van der Waals surface area contributed by atoms with E-state index in [2.05, 4.69) is 15.9 Å². The largest absolute Gasteiger partial charge is 0.235 e. The van der Waals surface area contributed by atoms with E-state index in [1.807, 2.05) is 0 Å². The number of benzene rings is 1. The van der Waals surface area contributed by atoms with E-state index in [0.29, 0.717) is 0 Å². The lowest BCUT2D eigenvalue weighted by Gasteiger charge is -2.31. The lowest BCUT2D eigenvalue weighted by atomic mass is 9.85. The van der Waals surface area contributed by atoms with Gasteiger partial charge in [-0.1, -0.05) is 0 Å². The van der Waals surface area contributed by atoms with Crippen molar-refractivity contribution >= 4 is 15.9 Å². The van der Waals surface area contributed by atoms with Gasteiger partial charge in [0.1, 0.15) is 0 Å². The van der Waals surface area contributed by atoms with Gasteiger partial charge in [-0.25, -0.2) is 39.5 Å². The zero-order valence-corrected chi connectivity index (χ0v) is 11.5. The highest BCUT2D eigenvalue weighted by Gasteiger charge is 2.56. The van der Waals surface area contributed by atoms with Crippen LogP contribution in [0.2, 0.25) is 0 Å². The summed E-state index contributed by atoms with van der Waals surface area (Å²) in [5.41, 5.74) is -6.41. The van der Waals surface area contributed by atoms with E-state index < -0.39 is 62.6 Å². The minimum atomic E-state index is -4.42. The minimum Gasteiger partial charge on any atom is -0.235 e. The fourth-order valence-electron chi connectivity index (χ4n) is 1.85. The summed E-state index contributed by atoms with van der Waals surface area (Å²) in [7, 11) is 0. The third kappa shape index (κ3) is 2.07. The second kappa shape index (κ2) is 5.32. The van der Waals surface area contributed by atoms with Crippen LogP contribution in [0.3, 0.4) is 0 Å². The number of rotatable bonds is 1. The van der Waals surface area contributed by atoms with Crippen LogP contribution in [0, 0.1) is 23.3 Å². The summed E-state index contributed by atoms with van der Waals surface area (Å²) in [4.78, 5) is 0. The molecular weight excluding hydrogens is 395 g/mol. The van der Waals surface area contributed by atoms with E-state index in [1.165, 1.54) is 0 Å². The van der Waals surface area contributed by atoms with E-state index in [9.17, 15) is 39.5 Å².